The van der Waals surface area contributed by atoms with Crippen LogP contribution in [0, 0.1) is 0 Å². The third-order valence-electron chi connectivity index (χ3n) is 3.99. The van der Waals surface area contributed by atoms with E-state index in [2.05, 4.69) is 0 Å². The van der Waals surface area contributed by atoms with Crippen LogP contribution in [0.5, 0.6) is 0 Å². The molecule has 0 unspecified atom stereocenters. The molecule has 1 heterocycles. The lowest BCUT2D eigenvalue weighted by molar-refractivity contribution is -0.142. The number of hydrogen-bond donors (Lipinski definition) is 1. The molecule has 1 aliphatic heterocycles. The number of ether oxygens (including phenoxy) is 1. The summed E-state index contributed by atoms with van der Waals surface area (Å²) in [7, 11) is 0. The monoisotopic (exact) mass is 299 g/mol. The van der Waals surface area contributed by atoms with Gasteiger partial charge in [0.2, 0.25) is 0 Å². The van der Waals surface area contributed by atoms with Crippen molar-refractivity contribution in [1.82, 2.24) is 4.90 Å². The number of fused-ring (bicyclic) bond motifs is 1. The van der Waals surface area contributed by atoms with Gasteiger partial charge in [-0.25, -0.2) is 4.79 Å². The van der Waals surface area contributed by atoms with E-state index in [-0.39, 0.29) is 12.5 Å². The Balaban J connectivity index is 2.01. The molecule has 1 atom stereocenters. The molecule has 3 rings (SSSR count). The largest absolute Gasteiger partial charge is 0.480 e. The summed E-state index contributed by atoms with van der Waals surface area (Å²) in [6.07, 6.45) is 0. The lowest BCUT2D eigenvalue weighted by atomic mass is 10.0. The molecule has 0 radical (unpaired) electrons. The summed E-state index contributed by atoms with van der Waals surface area (Å²) in [4.78, 5) is 25.5. The molecule has 5 heteroatoms. The highest BCUT2D eigenvalue weighted by Crippen LogP contribution is 2.30. The third-order valence-corrected chi connectivity index (χ3v) is 3.99. The second-order valence-corrected chi connectivity index (χ2v) is 5.85. The van der Waals surface area contributed by atoms with E-state index in [1.807, 2.05) is 30.3 Å². The van der Waals surface area contributed by atoms with Crippen LogP contribution in [0.3, 0.4) is 0 Å². The van der Waals surface area contributed by atoms with Gasteiger partial charge in [-0.2, -0.15) is 0 Å². The topological polar surface area (TPSA) is 66.8 Å². The van der Waals surface area contributed by atoms with Gasteiger partial charge in [-0.3, -0.25) is 9.69 Å². The van der Waals surface area contributed by atoms with Crippen LogP contribution < -0.4 is 0 Å². The van der Waals surface area contributed by atoms with Gasteiger partial charge >= 0.3 is 5.97 Å². The Bertz CT molecular complexity index is 753. The molecule has 2 aromatic rings. The van der Waals surface area contributed by atoms with E-state index in [1.165, 1.54) is 4.90 Å². The average molecular weight is 299 g/mol. The number of amides is 1. The van der Waals surface area contributed by atoms with Crippen molar-refractivity contribution in [2.24, 2.45) is 0 Å². The van der Waals surface area contributed by atoms with Crippen molar-refractivity contribution >= 4 is 22.6 Å². The first-order valence-electron chi connectivity index (χ1n) is 7.09. The molecule has 5 nitrogen and oxygen atoms in total. The number of rotatable bonds is 2. The minimum atomic E-state index is -1.06. The summed E-state index contributed by atoms with van der Waals surface area (Å²) in [5.41, 5.74) is -0.477. The summed E-state index contributed by atoms with van der Waals surface area (Å²) in [6.45, 7) is 3.41. The minimum Gasteiger partial charge on any atom is -0.480 e. The van der Waals surface area contributed by atoms with Crippen molar-refractivity contribution in [3.05, 3.63) is 48.0 Å². The standard InChI is InChI=1S/C17H17NO4/c1-17(2)18(14(10-22-17)16(20)21)15(19)13-8-7-11-5-3-4-6-12(11)9-13/h3-9,14H,10H2,1-2H3,(H,20,21)/t14-/m1/s1. The molecule has 1 amide bonds. The lowest BCUT2D eigenvalue weighted by Gasteiger charge is -2.32. The van der Waals surface area contributed by atoms with Crippen LogP contribution in [0.1, 0.15) is 24.2 Å². The Morgan fingerprint density at radius 2 is 1.86 bits per heavy atom. The summed E-state index contributed by atoms with van der Waals surface area (Å²) in [5.74, 6) is -1.39. The SMILES string of the molecule is CC1(C)OC[C@H](C(=O)O)N1C(=O)c1ccc2ccccc2c1. The number of carbonyl (C=O) groups excluding carboxylic acids is 1. The Kier molecular flexibility index (Phi) is 3.37. The van der Waals surface area contributed by atoms with E-state index in [4.69, 9.17) is 4.74 Å². The Hall–Kier alpha value is -2.40. The number of nitrogens with zero attached hydrogens (tertiary/aromatic N) is 1. The van der Waals surface area contributed by atoms with Crippen LogP contribution in [0.25, 0.3) is 10.8 Å². The van der Waals surface area contributed by atoms with Crippen LogP contribution in [0.4, 0.5) is 0 Å². The van der Waals surface area contributed by atoms with Crippen LogP contribution in [0.2, 0.25) is 0 Å². The van der Waals surface area contributed by atoms with E-state index >= 15 is 0 Å². The zero-order chi connectivity index (χ0) is 15.9. The van der Waals surface area contributed by atoms with Crippen molar-refractivity contribution < 1.29 is 19.4 Å². The molecule has 1 saturated heterocycles. The smallest absolute Gasteiger partial charge is 0.328 e. The Morgan fingerprint density at radius 1 is 1.18 bits per heavy atom. The number of hydrogen-bond acceptors (Lipinski definition) is 3. The van der Waals surface area contributed by atoms with E-state index < -0.39 is 17.7 Å². The van der Waals surface area contributed by atoms with Crippen molar-refractivity contribution in [2.45, 2.75) is 25.6 Å². The summed E-state index contributed by atoms with van der Waals surface area (Å²) >= 11 is 0. The number of benzene rings is 2. The maximum absolute atomic E-state index is 12.8. The number of carboxylic acids is 1. The fourth-order valence-corrected chi connectivity index (χ4v) is 2.83. The molecule has 0 bridgehead atoms. The fraction of sp³-hybridized carbons (Fsp3) is 0.294. The van der Waals surface area contributed by atoms with Gasteiger partial charge in [-0.05, 0) is 36.8 Å². The predicted molar refractivity (Wildman–Crippen MR) is 81.6 cm³/mol. The zero-order valence-corrected chi connectivity index (χ0v) is 12.4. The predicted octanol–water partition coefficient (Wildman–Crippen LogP) is 2.50. The van der Waals surface area contributed by atoms with Crippen molar-refractivity contribution in [1.29, 1.82) is 0 Å². The van der Waals surface area contributed by atoms with Crippen LogP contribution in [-0.4, -0.2) is 40.3 Å². The molecule has 0 spiro atoms. The van der Waals surface area contributed by atoms with Crippen LogP contribution in [0.15, 0.2) is 42.5 Å². The Morgan fingerprint density at radius 3 is 2.55 bits per heavy atom. The van der Waals surface area contributed by atoms with Crippen LogP contribution in [-0.2, 0) is 9.53 Å². The molecule has 114 valence electrons. The first kappa shape index (κ1) is 14.5. The Labute approximate surface area is 128 Å². The lowest BCUT2D eigenvalue weighted by Crippen LogP contribution is -2.50. The molecular weight excluding hydrogens is 282 g/mol. The van der Waals surface area contributed by atoms with Crippen molar-refractivity contribution in [3.63, 3.8) is 0 Å². The van der Waals surface area contributed by atoms with Crippen molar-refractivity contribution in [3.8, 4) is 0 Å². The van der Waals surface area contributed by atoms with Gasteiger partial charge in [0.05, 0.1) is 6.61 Å². The summed E-state index contributed by atoms with van der Waals surface area (Å²) < 4.78 is 5.48. The molecule has 22 heavy (non-hydrogen) atoms. The van der Waals surface area contributed by atoms with Gasteiger partial charge in [-0.1, -0.05) is 30.3 Å². The fourth-order valence-electron chi connectivity index (χ4n) is 2.83. The third kappa shape index (κ3) is 2.33. The molecule has 0 aliphatic carbocycles. The second kappa shape index (κ2) is 5.10. The zero-order valence-electron chi connectivity index (χ0n) is 12.4. The number of carboxylic acid groups (broad SMARTS) is 1. The van der Waals surface area contributed by atoms with Gasteiger partial charge in [0, 0.05) is 5.56 Å². The first-order chi connectivity index (χ1) is 10.4. The van der Waals surface area contributed by atoms with E-state index in [9.17, 15) is 14.7 Å². The summed E-state index contributed by atoms with van der Waals surface area (Å²) in [5, 5.41) is 11.3. The molecular formula is C17H17NO4. The molecule has 2 aromatic carbocycles. The highest BCUT2D eigenvalue weighted by Gasteiger charge is 2.47. The molecule has 1 N–H and O–H groups in total. The maximum Gasteiger partial charge on any atom is 0.328 e. The number of aliphatic carboxylic acids is 1. The summed E-state index contributed by atoms with van der Waals surface area (Å²) in [6, 6.07) is 12.1. The molecule has 0 aromatic heterocycles. The van der Waals surface area contributed by atoms with E-state index in [0.29, 0.717) is 5.56 Å². The molecule has 1 fully saturated rings. The minimum absolute atomic E-state index is 0.00164. The average Bonchev–Trinajstić information content (AvgIpc) is 2.81. The van der Waals surface area contributed by atoms with Gasteiger partial charge in [0.1, 0.15) is 5.72 Å². The van der Waals surface area contributed by atoms with E-state index in [1.54, 1.807) is 26.0 Å². The van der Waals surface area contributed by atoms with Crippen LogP contribution >= 0.6 is 0 Å². The molecule has 0 saturated carbocycles. The van der Waals surface area contributed by atoms with E-state index in [0.717, 1.165) is 10.8 Å². The van der Waals surface area contributed by atoms with Gasteiger partial charge in [0.25, 0.3) is 5.91 Å². The maximum atomic E-state index is 12.8. The first-order valence-corrected chi connectivity index (χ1v) is 7.09. The highest BCUT2D eigenvalue weighted by molar-refractivity contribution is 6.00. The normalized spacial score (nSPS) is 20.3. The van der Waals surface area contributed by atoms with Gasteiger partial charge < -0.3 is 9.84 Å². The van der Waals surface area contributed by atoms with Gasteiger partial charge in [0.15, 0.2) is 6.04 Å². The second-order valence-electron chi connectivity index (χ2n) is 5.85. The highest BCUT2D eigenvalue weighted by atomic mass is 16.5. The van der Waals surface area contributed by atoms with Crippen molar-refractivity contribution in [2.75, 3.05) is 6.61 Å². The quantitative estimate of drug-likeness (QED) is 0.925. The van der Waals surface area contributed by atoms with Gasteiger partial charge in [-0.15, -0.1) is 0 Å². The number of carbonyl (C=O) groups is 2. The molecule has 1 aliphatic rings.